The summed E-state index contributed by atoms with van der Waals surface area (Å²) in [5, 5.41) is 5.49. The van der Waals surface area contributed by atoms with Gasteiger partial charge in [-0.2, -0.15) is 0 Å². The van der Waals surface area contributed by atoms with E-state index in [1.165, 1.54) is 18.2 Å². The van der Waals surface area contributed by atoms with E-state index >= 15 is 0 Å². The summed E-state index contributed by atoms with van der Waals surface area (Å²) >= 11 is 5.92. The summed E-state index contributed by atoms with van der Waals surface area (Å²) in [6, 6.07) is 8.11. The van der Waals surface area contributed by atoms with E-state index in [-0.39, 0.29) is 21.8 Å². The lowest BCUT2D eigenvalue weighted by atomic mass is 10.1. The van der Waals surface area contributed by atoms with Crippen LogP contribution in [0.2, 0.25) is 5.02 Å². The molecule has 0 saturated heterocycles. The van der Waals surface area contributed by atoms with E-state index in [0.717, 1.165) is 19.2 Å². The van der Waals surface area contributed by atoms with Crippen LogP contribution in [0.1, 0.15) is 31.4 Å². The summed E-state index contributed by atoms with van der Waals surface area (Å²) in [5.41, 5.74) is 0.377. The Labute approximate surface area is 184 Å². The maximum absolute atomic E-state index is 12.7. The van der Waals surface area contributed by atoms with Gasteiger partial charge in [-0.25, -0.2) is 8.78 Å². The molecule has 0 spiro atoms. The smallest absolute Gasteiger partial charge is 0.300 e. The number of nitroso groups, excluding NO2 is 1. The van der Waals surface area contributed by atoms with Gasteiger partial charge >= 0.3 is 5.91 Å². The number of nitrogens with one attached hydrogen (secondary N) is 1. The molecule has 0 unspecified atom stereocenters. The summed E-state index contributed by atoms with van der Waals surface area (Å²) in [5.74, 6) is 4.52. The number of alkyl halides is 2. The summed E-state index contributed by atoms with van der Waals surface area (Å²) in [6.45, 7) is 6.99. The number of nitrogens with zero attached hydrogens (tertiary/aromatic N) is 2. The molecule has 9 heteroatoms. The van der Waals surface area contributed by atoms with Gasteiger partial charge in [-0.05, 0) is 48.6 Å². The molecule has 0 atom stereocenters. The highest BCUT2D eigenvalue weighted by atomic mass is 35.5. The number of anilines is 1. The zero-order valence-corrected chi connectivity index (χ0v) is 17.9. The van der Waals surface area contributed by atoms with Crippen molar-refractivity contribution in [1.82, 2.24) is 4.90 Å². The molecule has 0 heterocycles. The zero-order valence-electron chi connectivity index (χ0n) is 17.1. The van der Waals surface area contributed by atoms with Crippen molar-refractivity contribution in [2.75, 3.05) is 31.6 Å². The average Bonchev–Trinajstić information content (AvgIpc) is 2.76. The van der Waals surface area contributed by atoms with Crippen LogP contribution in [-0.2, 0) is 4.79 Å². The topological polar surface area (TPSA) is 71.0 Å². The van der Waals surface area contributed by atoms with Gasteiger partial charge in [-0.1, -0.05) is 37.4 Å². The molecule has 2 aromatic rings. The first-order chi connectivity index (χ1) is 14.9. The van der Waals surface area contributed by atoms with Crippen LogP contribution in [0.25, 0.3) is 0 Å². The molecule has 0 aliphatic carbocycles. The van der Waals surface area contributed by atoms with Crippen LogP contribution in [0.5, 0.6) is 5.75 Å². The maximum atomic E-state index is 12.7. The van der Waals surface area contributed by atoms with E-state index in [0.29, 0.717) is 24.6 Å². The molecule has 6 nitrogen and oxygen atoms in total. The molecule has 31 heavy (non-hydrogen) atoms. The first-order valence-electron chi connectivity index (χ1n) is 9.61. The minimum Gasteiger partial charge on any atom is -0.490 e. The number of amides is 1. The summed E-state index contributed by atoms with van der Waals surface area (Å²) < 4.78 is 30.9. The molecule has 0 aliphatic heterocycles. The van der Waals surface area contributed by atoms with Gasteiger partial charge in [0.2, 0.25) is 0 Å². The third kappa shape index (κ3) is 7.31. The van der Waals surface area contributed by atoms with Crippen molar-refractivity contribution < 1.29 is 18.3 Å². The highest BCUT2D eigenvalue weighted by Gasteiger charge is 2.10. The fraction of sp³-hybridized carbons (Fsp3) is 0.318. The van der Waals surface area contributed by atoms with Gasteiger partial charge in [0.05, 0.1) is 5.02 Å². The lowest BCUT2D eigenvalue weighted by Crippen LogP contribution is -2.27. The van der Waals surface area contributed by atoms with E-state index in [1.807, 2.05) is 0 Å². The lowest BCUT2D eigenvalue weighted by molar-refractivity contribution is -0.111. The fourth-order valence-corrected chi connectivity index (χ4v) is 2.90. The largest absolute Gasteiger partial charge is 0.490 e. The molecule has 164 valence electrons. The molecule has 1 N–H and O–H groups in total. The quantitative estimate of drug-likeness (QED) is 0.411. The van der Waals surface area contributed by atoms with Crippen molar-refractivity contribution in [3.63, 3.8) is 0 Å². The van der Waals surface area contributed by atoms with E-state index in [9.17, 15) is 18.5 Å². The SMILES string of the molecule is CCN(CC)CCOc1ccc(NC(=O)C#Cc2ccc(C(F)F)cc2Cl)cc1N=O. The van der Waals surface area contributed by atoms with Gasteiger partial charge in [0.15, 0.2) is 5.69 Å². The number of carbonyl (C=O) groups excluding carboxylic acids is 1. The third-order valence-corrected chi connectivity index (χ3v) is 4.74. The Hall–Kier alpha value is -3.02. The first kappa shape index (κ1) is 24.3. The maximum Gasteiger partial charge on any atom is 0.300 e. The number of benzene rings is 2. The Morgan fingerprint density at radius 1 is 1.23 bits per heavy atom. The zero-order chi connectivity index (χ0) is 22.8. The number of carbonyl (C=O) groups is 1. The third-order valence-electron chi connectivity index (χ3n) is 4.43. The molecule has 0 aromatic heterocycles. The number of halogens is 3. The van der Waals surface area contributed by atoms with E-state index in [1.54, 1.807) is 12.1 Å². The molecule has 1 amide bonds. The Morgan fingerprint density at radius 2 is 1.97 bits per heavy atom. The predicted molar refractivity (Wildman–Crippen MR) is 117 cm³/mol. The second kappa shape index (κ2) is 12.0. The van der Waals surface area contributed by atoms with Crippen LogP contribution >= 0.6 is 11.6 Å². The van der Waals surface area contributed by atoms with E-state index < -0.39 is 12.3 Å². The van der Waals surface area contributed by atoms with Crippen LogP contribution in [-0.4, -0.2) is 37.0 Å². The van der Waals surface area contributed by atoms with Gasteiger partial charge < -0.3 is 15.0 Å². The van der Waals surface area contributed by atoms with Crippen LogP contribution < -0.4 is 10.1 Å². The highest BCUT2D eigenvalue weighted by Crippen LogP contribution is 2.30. The van der Waals surface area contributed by atoms with Gasteiger partial charge in [-0.3, -0.25) is 4.79 Å². The molecule has 0 radical (unpaired) electrons. The van der Waals surface area contributed by atoms with E-state index in [4.69, 9.17) is 16.3 Å². The second-order valence-corrected chi connectivity index (χ2v) is 6.80. The molecular formula is C22H22ClF2N3O3. The number of hydrogen-bond donors (Lipinski definition) is 1. The summed E-state index contributed by atoms with van der Waals surface area (Å²) in [7, 11) is 0. The standard InChI is InChI=1S/C22H22ClF2N3O3/c1-3-28(4-2)11-12-31-20-9-8-17(14-19(20)27-30)26-21(29)10-7-15-5-6-16(22(24)25)13-18(15)23/h5-6,8-9,13-14,22H,3-4,11-12H2,1-2H3,(H,26,29). The molecule has 2 rings (SSSR count). The Bertz CT molecular complexity index is 986. The molecule has 0 saturated carbocycles. The van der Waals surface area contributed by atoms with Crippen molar-refractivity contribution in [3.05, 3.63) is 57.5 Å². The average molecular weight is 450 g/mol. The molecule has 0 fully saturated rings. The minimum absolute atomic E-state index is 0.0248. The monoisotopic (exact) mass is 449 g/mol. The second-order valence-electron chi connectivity index (χ2n) is 6.39. The number of hydrogen-bond acceptors (Lipinski definition) is 5. The van der Waals surface area contributed by atoms with Gasteiger partial charge in [-0.15, -0.1) is 4.91 Å². The number of ether oxygens (including phenoxy) is 1. The van der Waals surface area contributed by atoms with Gasteiger partial charge in [0, 0.05) is 29.3 Å². The van der Waals surface area contributed by atoms with Gasteiger partial charge in [0.25, 0.3) is 6.43 Å². The van der Waals surface area contributed by atoms with Crippen molar-refractivity contribution in [2.45, 2.75) is 20.3 Å². The van der Waals surface area contributed by atoms with Gasteiger partial charge in [0.1, 0.15) is 12.4 Å². The molecular weight excluding hydrogens is 428 g/mol. The van der Waals surface area contributed by atoms with Crippen LogP contribution in [0, 0.1) is 16.7 Å². The highest BCUT2D eigenvalue weighted by molar-refractivity contribution is 6.31. The summed E-state index contributed by atoms with van der Waals surface area (Å²) in [4.78, 5) is 25.4. The molecule has 0 bridgehead atoms. The van der Waals surface area contributed by atoms with E-state index in [2.05, 4.69) is 41.1 Å². The Balaban J connectivity index is 2.02. The molecule has 0 aliphatic rings. The number of likely N-dealkylation sites (N-methyl/N-ethyl adjacent to an activating group) is 1. The Kier molecular flexibility index (Phi) is 9.38. The minimum atomic E-state index is -2.65. The summed E-state index contributed by atoms with van der Waals surface area (Å²) in [6.07, 6.45) is -2.65. The van der Waals surface area contributed by atoms with Crippen LogP contribution in [0.3, 0.4) is 0 Å². The van der Waals surface area contributed by atoms with Crippen molar-refractivity contribution >= 4 is 28.9 Å². The van der Waals surface area contributed by atoms with Crippen LogP contribution in [0.15, 0.2) is 41.6 Å². The molecule has 2 aromatic carbocycles. The van der Waals surface area contributed by atoms with Crippen molar-refractivity contribution in [3.8, 4) is 17.6 Å². The normalized spacial score (nSPS) is 10.5. The fourth-order valence-electron chi connectivity index (χ4n) is 2.67. The number of rotatable bonds is 9. The van der Waals surface area contributed by atoms with Crippen LogP contribution in [0.4, 0.5) is 20.2 Å². The van der Waals surface area contributed by atoms with Crippen molar-refractivity contribution in [2.24, 2.45) is 5.18 Å². The first-order valence-corrected chi connectivity index (χ1v) is 9.98. The van der Waals surface area contributed by atoms with Crippen molar-refractivity contribution in [1.29, 1.82) is 0 Å². The lowest BCUT2D eigenvalue weighted by Gasteiger charge is -2.18. The predicted octanol–water partition coefficient (Wildman–Crippen LogP) is 5.39. The Morgan fingerprint density at radius 3 is 2.58 bits per heavy atom.